The van der Waals surface area contributed by atoms with Gasteiger partial charge in [0.15, 0.2) is 0 Å². The number of carbonyl (C=O) groups excluding carboxylic acids is 1. The highest BCUT2D eigenvalue weighted by atomic mass is 79.9. The van der Waals surface area contributed by atoms with Gasteiger partial charge in [0.25, 0.3) is 5.69 Å². The van der Waals surface area contributed by atoms with Gasteiger partial charge in [-0.2, -0.15) is 0 Å². The van der Waals surface area contributed by atoms with Crippen molar-refractivity contribution in [1.82, 2.24) is 4.90 Å². The SMILES string of the molecule is CCC(Br)C(=O)N1CCN(c2ccccc2[N+](=O)[O-])CC1. The van der Waals surface area contributed by atoms with Crippen molar-refractivity contribution >= 4 is 33.2 Å². The fraction of sp³-hybridized carbons (Fsp3) is 0.500. The lowest BCUT2D eigenvalue weighted by Crippen LogP contribution is -2.50. The lowest BCUT2D eigenvalue weighted by molar-refractivity contribution is -0.384. The lowest BCUT2D eigenvalue weighted by Gasteiger charge is -2.36. The van der Waals surface area contributed by atoms with Gasteiger partial charge in [0.1, 0.15) is 5.69 Å². The molecule has 1 atom stereocenters. The molecule has 1 fully saturated rings. The summed E-state index contributed by atoms with van der Waals surface area (Å²) in [5, 5.41) is 11.1. The quantitative estimate of drug-likeness (QED) is 0.472. The van der Waals surface area contributed by atoms with Crippen LogP contribution >= 0.6 is 15.9 Å². The van der Waals surface area contributed by atoms with Gasteiger partial charge in [0.05, 0.1) is 9.75 Å². The molecule has 0 aliphatic carbocycles. The van der Waals surface area contributed by atoms with Crippen LogP contribution in [0.15, 0.2) is 24.3 Å². The summed E-state index contributed by atoms with van der Waals surface area (Å²) in [6.45, 7) is 4.36. The smallest absolute Gasteiger partial charge is 0.292 e. The molecule has 21 heavy (non-hydrogen) atoms. The van der Waals surface area contributed by atoms with Crippen molar-refractivity contribution in [2.24, 2.45) is 0 Å². The van der Waals surface area contributed by atoms with Gasteiger partial charge in [-0.25, -0.2) is 0 Å². The zero-order valence-electron chi connectivity index (χ0n) is 11.9. The highest BCUT2D eigenvalue weighted by molar-refractivity contribution is 9.10. The molecule has 6 nitrogen and oxygen atoms in total. The van der Waals surface area contributed by atoms with E-state index in [1.807, 2.05) is 16.7 Å². The second-order valence-electron chi connectivity index (χ2n) is 4.93. The first kappa shape index (κ1) is 15.8. The summed E-state index contributed by atoms with van der Waals surface area (Å²) in [7, 11) is 0. The van der Waals surface area contributed by atoms with Crippen molar-refractivity contribution < 1.29 is 9.72 Å². The van der Waals surface area contributed by atoms with Crippen molar-refractivity contribution in [3.05, 3.63) is 34.4 Å². The Hall–Kier alpha value is -1.63. The molecule has 2 rings (SSSR count). The zero-order valence-corrected chi connectivity index (χ0v) is 13.5. The topological polar surface area (TPSA) is 66.7 Å². The van der Waals surface area contributed by atoms with Crippen LogP contribution in [0.2, 0.25) is 0 Å². The number of piperazine rings is 1. The van der Waals surface area contributed by atoms with Gasteiger partial charge in [-0.15, -0.1) is 0 Å². The number of alkyl halides is 1. The number of hydrogen-bond donors (Lipinski definition) is 0. The molecule has 7 heteroatoms. The first-order valence-corrected chi connectivity index (χ1v) is 7.87. The maximum atomic E-state index is 12.1. The van der Waals surface area contributed by atoms with Crippen LogP contribution in [0.1, 0.15) is 13.3 Å². The molecule has 1 amide bonds. The summed E-state index contributed by atoms with van der Waals surface area (Å²) in [6.07, 6.45) is 0.753. The Morgan fingerprint density at radius 1 is 1.33 bits per heavy atom. The number of amides is 1. The molecule has 0 saturated carbocycles. The van der Waals surface area contributed by atoms with Gasteiger partial charge in [-0.1, -0.05) is 35.0 Å². The molecule has 0 radical (unpaired) electrons. The Morgan fingerprint density at radius 3 is 2.52 bits per heavy atom. The van der Waals surface area contributed by atoms with Gasteiger partial charge in [-0.3, -0.25) is 14.9 Å². The lowest BCUT2D eigenvalue weighted by atomic mass is 10.2. The Kier molecular flexibility index (Phi) is 5.17. The second kappa shape index (κ2) is 6.89. The van der Waals surface area contributed by atoms with E-state index in [1.165, 1.54) is 6.07 Å². The van der Waals surface area contributed by atoms with Crippen molar-refractivity contribution in [1.29, 1.82) is 0 Å². The third-order valence-corrected chi connectivity index (χ3v) is 4.68. The summed E-state index contributed by atoms with van der Waals surface area (Å²) >= 11 is 3.37. The molecule has 0 bridgehead atoms. The first-order valence-electron chi connectivity index (χ1n) is 6.95. The van der Waals surface area contributed by atoms with Gasteiger partial charge < -0.3 is 9.80 Å². The number of nitro groups is 1. The maximum Gasteiger partial charge on any atom is 0.292 e. The highest BCUT2D eigenvalue weighted by Crippen LogP contribution is 2.28. The van der Waals surface area contributed by atoms with Crippen molar-refractivity contribution in [3.63, 3.8) is 0 Å². The van der Waals surface area contributed by atoms with E-state index in [1.54, 1.807) is 18.2 Å². The molecular weight excluding hydrogens is 338 g/mol. The monoisotopic (exact) mass is 355 g/mol. The van der Waals surface area contributed by atoms with Crippen LogP contribution in [0.5, 0.6) is 0 Å². The third-order valence-electron chi connectivity index (χ3n) is 3.64. The molecule has 1 aromatic rings. The number of halogens is 1. The van der Waals surface area contributed by atoms with E-state index in [-0.39, 0.29) is 21.3 Å². The fourth-order valence-corrected chi connectivity index (χ4v) is 2.72. The van der Waals surface area contributed by atoms with E-state index >= 15 is 0 Å². The summed E-state index contributed by atoms with van der Waals surface area (Å²) in [5.41, 5.74) is 0.740. The number of nitrogens with zero attached hydrogens (tertiary/aromatic N) is 3. The minimum Gasteiger partial charge on any atom is -0.362 e. The molecule has 0 spiro atoms. The molecule has 1 aromatic carbocycles. The molecule has 1 saturated heterocycles. The molecule has 114 valence electrons. The predicted octanol–water partition coefficient (Wildman–Crippen LogP) is 2.42. The highest BCUT2D eigenvalue weighted by Gasteiger charge is 2.27. The number of hydrogen-bond acceptors (Lipinski definition) is 4. The number of carbonyl (C=O) groups is 1. The summed E-state index contributed by atoms with van der Waals surface area (Å²) in [5.74, 6) is 0.0970. The van der Waals surface area contributed by atoms with E-state index in [0.717, 1.165) is 6.42 Å². The van der Waals surface area contributed by atoms with E-state index in [2.05, 4.69) is 15.9 Å². The number of rotatable bonds is 4. The van der Waals surface area contributed by atoms with Crippen LogP contribution in [-0.2, 0) is 4.79 Å². The van der Waals surface area contributed by atoms with Gasteiger partial charge in [0, 0.05) is 32.2 Å². The zero-order chi connectivity index (χ0) is 15.4. The van der Waals surface area contributed by atoms with Gasteiger partial charge in [0.2, 0.25) is 5.91 Å². The number of benzene rings is 1. The predicted molar refractivity (Wildman–Crippen MR) is 84.9 cm³/mol. The van der Waals surface area contributed by atoms with E-state index in [9.17, 15) is 14.9 Å². The summed E-state index contributed by atoms with van der Waals surface area (Å²) < 4.78 is 0. The van der Waals surface area contributed by atoms with Crippen molar-refractivity contribution in [2.45, 2.75) is 18.2 Å². The Bertz CT molecular complexity index is 530. The number of nitro benzene ring substituents is 1. The second-order valence-corrected chi connectivity index (χ2v) is 6.04. The van der Waals surface area contributed by atoms with Crippen LogP contribution in [-0.4, -0.2) is 46.7 Å². The van der Waals surface area contributed by atoms with Crippen LogP contribution < -0.4 is 4.90 Å². The van der Waals surface area contributed by atoms with E-state index in [4.69, 9.17) is 0 Å². The summed E-state index contributed by atoms with van der Waals surface area (Å²) in [6, 6.07) is 6.73. The fourth-order valence-electron chi connectivity index (χ4n) is 2.43. The molecule has 0 N–H and O–H groups in total. The van der Waals surface area contributed by atoms with E-state index < -0.39 is 0 Å². The summed E-state index contributed by atoms with van der Waals surface area (Å²) in [4.78, 5) is 26.5. The van der Waals surface area contributed by atoms with Gasteiger partial charge >= 0.3 is 0 Å². The standard InChI is InChI=1S/C14H18BrN3O3/c1-2-11(15)14(19)17-9-7-16(8-10-17)12-5-3-4-6-13(12)18(20)21/h3-6,11H,2,7-10H2,1H3. The van der Waals surface area contributed by atoms with Gasteiger partial charge in [-0.05, 0) is 12.5 Å². The van der Waals surface area contributed by atoms with Crippen molar-refractivity contribution in [3.8, 4) is 0 Å². The average Bonchev–Trinajstić information content (AvgIpc) is 2.53. The Balaban J connectivity index is 2.05. The van der Waals surface area contributed by atoms with Crippen LogP contribution in [0.3, 0.4) is 0 Å². The number of anilines is 1. The van der Waals surface area contributed by atoms with Crippen LogP contribution in [0.25, 0.3) is 0 Å². The normalized spacial score (nSPS) is 16.7. The number of para-hydroxylation sites is 2. The molecule has 1 aliphatic rings. The first-order chi connectivity index (χ1) is 10.0. The van der Waals surface area contributed by atoms with Crippen LogP contribution in [0.4, 0.5) is 11.4 Å². The van der Waals surface area contributed by atoms with E-state index in [0.29, 0.717) is 31.9 Å². The molecule has 1 aliphatic heterocycles. The molecule has 1 unspecified atom stereocenters. The van der Waals surface area contributed by atoms with Crippen LogP contribution in [0, 0.1) is 10.1 Å². The third kappa shape index (κ3) is 3.53. The Labute approximate surface area is 132 Å². The molecular formula is C14H18BrN3O3. The average molecular weight is 356 g/mol. The minimum absolute atomic E-state index is 0.0970. The van der Waals surface area contributed by atoms with Crippen molar-refractivity contribution in [2.75, 3.05) is 31.1 Å². The largest absolute Gasteiger partial charge is 0.362 e. The maximum absolute atomic E-state index is 12.1. The molecule has 1 heterocycles. The molecule has 0 aromatic heterocycles. The Morgan fingerprint density at radius 2 is 1.95 bits per heavy atom. The minimum atomic E-state index is -0.363.